The van der Waals surface area contributed by atoms with Crippen molar-refractivity contribution in [3.8, 4) is 0 Å². The van der Waals surface area contributed by atoms with Gasteiger partial charge in [0.05, 0.1) is 0 Å². The highest BCUT2D eigenvalue weighted by atomic mass is 32.2. The van der Waals surface area contributed by atoms with Gasteiger partial charge in [0.25, 0.3) is 16.1 Å². The van der Waals surface area contributed by atoms with Gasteiger partial charge in [-0.3, -0.25) is 4.79 Å². The maximum atomic E-state index is 13.6. The topological polar surface area (TPSA) is 99.0 Å². The fraction of sp³-hybridized carbons (Fsp3) is 0.840. The summed E-state index contributed by atoms with van der Waals surface area (Å²) >= 11 is 0. The monoisotopic (exact) mass is 507 g/mol. The van der Waals surface area contributed by atoms with E-state index < -0.39 is 10.2 Å². The highest BCUT2D eigenvalue weighted by molar-refractivity contribution is 7.86. The molecule has 0 radical (unpaired) electrons. The van der Waals surface area contributed by atoms with Gasteiger partial charge in [-0.15, -0.1) is 0 Å². The molecule has 196 valence electrons. The lowest BCUT2D eigenvalue weighted by molar-refractivity contribution is 0.0896. The standard InChI is InChI=1S/C25H41N5O4S/c1-17(2)8-11-28(3)20-9-12-29(13-10-20)35(32,33)30-21-6-7-22(30)15-19(14-21)26-25(31)23-16-24(34-27-23)18-4-5-18/h16-22H,4-15H2,1-3H3,(H,26,31)/t19-,21+,22-. The molecule has 3 atom stereocenters. The lowest BCUT2D eigenvalue weighted by atomic mass is 9.99. The fourth-order valence-electron chi connectivity index (χ4n) is 6.14. The summed E-state index contributed by atoms with van der Waals surface area (Å²) < 4.78 is 36.1. The predicted octanol–water partition coefficient (Wildman–Crippen LogP) is 2.96. The summed E-state index contributed by atoms with van der Waals surface area (Å²) in [6.45, 7) is 6.72. The summed E-state index contributed by atoms with van der Waals surface area (Å²) in [6.07, 6.45) is 8.17. The molecule has 3 aliphatic heterocycles. The number of fused-ring (bicyclic) bond motifs is 2. The van der Waals surface area contributed by atoms with Crippen molar-refractivity contribution in [2.24, 2.45) is 5.92 Å². The minimum atomic E-state index is -3.49. The molecule has 9 nitrogen and oxygen atoms in total. The largest absolute Gasteiger partial charge is 0.360 e. The predicted molar refractivity (Wildman–Crippen MR) is 133 cm³/mol. The smallest absolute Gasteiger partial charge is 0.282 e. The lowest BCUT2D eigenvalue weighted by Crippen LogP contribution is -2.57. The molecule has 10 heteroatoms. The molecule has 1 amide bonds. The van der Waals surface area contributed by atoms with E-state index in [1.165, 1.54) is 6.42 Å². The highest BCUT2D eigenvalue weighted by Crippen LogP contribution is 2.41. The second-order valence-corrected chi connectivity index (χ2v) is 13.4. The average Bonchev–Trinajstić information content (AvgIpc) is 3.48. The van der Waals surface area contributed by atoms with Crippen molar-refractivity contribution in [3.05, 3.63) is 17.5 Å². The number of nitrogens with one attached hydrogen (secondary N) is 1. The minimum Gasteiger partial charge on any atom is -0.360 e. The van der Waals surface area contributed by atoms with Crippen LogP contribution in [0.15, 0.2) is 10.6 Å². The van der Waals surface area contributed by atoms with Crippen LogP contribution in [0.1, 0.15) is 93.8 Å². The Morgan fingerprint density at radius 3 is 2.40 bits per heavy atom. The van der Waals surface area contributed by atoms with Gasteiger partial charge in [0, 0.05) is 49.2 Å². The first-order chi connectivity index (χ1) is 16.7. The lowest BCUT2D eigenvalue weighted by Gasteiger charge is -2.43. The summed E-state index contributed by atoms with van der Waals surface area (Å²) in [5.41, 5.74) is 0.329. The number of rotatable bonds is 9. The van der Waals surface area contributed by atoms with E-state index in [4.69, 9.17) is 4.52 Å². The molecule has 4 aliphatic rings. The zero-order valence-electron chi connectivity index (χ0n) is 21.4. The van der Waals surface area contributed by atoms with Crippen LogP contribution in [0.25, 0.3) is 0 Å². The van der Waals surface area contributed by atoms with Gasteiger partial charge in [-0.2, -0.15) is 17.0 Å². The molecule has 4 heterocycles. The number of nitrogens with zero attached hydrogens (tertiary/aromatic N) is 4. The number of piperidine rings is 2. The quantitative estimate of drug-likeness (QED) is 0.552. The zero-order chi connectivity index (χ0) is 24.7. The Hall–Kier alpha value is -1.49. The van der Waals surface area contributed by atoms with Crippen LogP contribution in [0, 0.1) is 5.92 Å². The van der Waals surface area contributed by atoms with Gasteiger partial charge < -0.3 is 14.7 Å². The average molecular weight is 508 g/mol. The molecule has 35 heavy (non-hydrogen) atoms. The number of hydrogen-bond donors (Lipinski definition) is 1. The van der Waals surface area contributed by atoms with Gasteiger partial charge in [0.1, 0.15) is 5.76 Å². The summed E-state index contributed by atoms with van der Waals surface area (Å²) in [4.78, 5) is 15.1. The molecule has 5 rings (SSSR count). The molecule has 1 saturated carbocycles. The number of hydrogen-bond acceptors (Lipinski definition) is 6. The third-order valence-corrected chi connectivity index (χ3v) is 10.6. The van der Waals surface area contributed by atoms with Crippen molar-refractivity contribution in [2.45, 2.75) is 102 Å². The van der Waals surface area contributed by atoms with E-state index in [0.717, 1.165) is 50.8 Å². The van der Waals surface area contributed by atoms with E-state index in [1.54, 1.807) is 14.7 Å². The van der Waals surface area contributed by atoms with Gasteiger partial charge in [0.15, 0.2) is 5.69 Å². The van der Waals surface area contributed by atoms with Crippen LogP contribution >= 0.6 is 0 Å². The van der Waals surface area contributed by atoms with Crippen molar-refractivity contribution in [3.63, 3.8) is 0 Å². The van der Waals surface area contributed by atoms with Crippen molar-refractivity contribution in [1.29, 1.82) is 0 Å². The Balaban J connectivity index is 1.15. The number of amides is 1. The van der Waals surface area contributed by atoms with Gasteiger partial charge in [-0.25, -0.2) is 0 Å². The van der Waals surface area contributed by atoms with E-state index in [0.29, 0.717) is 49.5 Å². The van der Waals surface area contributed by atoms with Crippen molar-refractivity contribution < 1.29 is 17.7 Å². The molecule has 1 aromatic rings. The number of carbonyl (C=O) groups is 1. The number of carbonyl (C=O) groups excluding carboxylic acids is 1. The highest BCUT2D eigenvalue weighted by Gasteiger charge is 2.49. The second kappa shape index (κ2) is 10.1. The van der Waals surface area contributed by atoms with Crippen LogP contribution in [0.4, 0.5) is 0 Å². The second-order valence-electron chi connectivity index (χ2n) is 11.5. The van der Waals surface area contributed by atoms with E-state index in [9.17, 15) is 13.2 Å². The Labute approximate surface area is 209 Å². The first-order valence-electron chi connectivity index (χ1n) is 13.5. The Kier molecular flexibility index (Phi) is 7.27. The molecule has 0 aromatic carbocycles. The summed E-state index contributed by atoms with van der Waals surface area (Å²) in [6, 6.07) is 2.08. The third-order valence-electron chi connectivity index (χ3n) is 8.44. The number of aromatic nitrogens is 1. The van der Waals surface area contributed by atoms with Gasteiger partial charge in [0.2, 0.25) is 0 Å². The Morgan fingerprint density at radius 2 is 1.80 bits per heavy atom. The Morgan fingerprint density at radius 1 is 1.14 bits per heavy atom. The molecule has 4 fully saturated rings. The summed E-state index contributed by atoms with van der Waals surface area (Å²) in [5.74, 6) is 1.67. The molecule has 1 aliphatic carbocycles. The summed E-state index contributed by atoms with van der Waals surface area (Å²) in [7, 11) is -1.32. The van der Waals surface area contributed by atoms with Crippen LogP contribution in [0.5, 0.6) is 0 Å². The first kappa shape index (κ1) is 25.2. The van der Waals surface area contributed by atoms with Crippen molar-refractivity contribution in [2.75, 3.05) is 26.7 Å². The van der Waals surface area contributed by atoms with Crippen LogP contribution in [0.3, 0.4) is 0 Å². The van der Waals surface area contributed by atoms with Crippen LogP contribution < -0.4 is 5.32 Å². The Bertz CT molecular complexity index is 985. The molecular weight excluding hydrogens is 466 g/mol. The van der Waals surface area contributed by atoms with Crippen LogP contribution in [0.2, 0.25) is 0 Å². The van der Waals surface area contributed by atoms with Crippen LogP contribution in [-0.4, -0.2) is 83.8 Å². The van der Waals surface area contributed by atoms with Crippen molar-refractivity contribution >= 4 is 16.1 Å². The van der Waals surface area contributed by atoms with E-state index >= 15 is 0 Å². The van der Waals surface area contributed by atoms with Crippen molar-refractivity contribution in [1.82, 2.24) is 24.0 Å². The van der Waals surface area contributed by atoms with Gasteiger partial charge in [-0.1, -0.05) is 19.0 Å². The SMILES string of the molecule is CC(C)CCN(C)C1CCN(S(=O)(=O)N2[C@@H]3CC[C@H]2C[C@@H](NC(=O)c2cc(C4CC4)on2)C3)CC1. The maximum absolute atomic E-state index is 13.6. The van der Waals surface area contributed by atoms with Gasteiger partial charge in [-0.05, 0) is 77.3 Å². The molecule has 3 saturated heterocycles. The minimum absolute atomic E-state index is 0.0344. The van der Waals surface area contributed by atoms with Gasteiger partial charge >= 0.3 is 0 Å². The van der Waals surface area contributed by atoms with E-state index in [-0.39, 0.29) is 24.0 Å². The van der Waals surface area contributed by atoms with E-state index in [2.05, 4.69) is 36.3 Å². The van der Waals surface area contributed by atoms with E-state index in [1.807, 2.05) is 0 Å². The molecule has 1 N–H and O–H groups in total. The fourth-order valence-corrected chi connectivity index (χ4v) is 8.21. The first-order valence-corrected chi connectivity index (χ1v) is 14.9. The third kappa shape index (κ3) is 5.45. The zero-order valence-corrected chi connectivity index (χ0v) is 22.2. The molecule has 0 spiro atoms. The molecule has 0 unspecified atom stereocenters. The molecule has 2 bridgehead atoms. The summed E-state index contributed by atoms with van der Waals surface area (Å²) in [5, 5.41) is 7.04. The normalized spacial score (nSPS) is 28.8. The maximum Gasteiger partial charge on any atom is 0.282 e. The molecule has 1 aromatic heterocycles. The van der Waals surface area contributed by atoms with Crippen LogP contribution in [-0.2, 0) is 10.2 Å². The molecular formula is C25H41N5O4S.